The third kappa shape index (κ3) is 4.95. The van der Waals surface area contributed by atoms with Crippen LogP contribution in [0.25, 0.3) is 0 Å². The van der Waals surface area contributed by atoms with Gasteiger partial charge in [-0.2, -0.15) is 4.31 Å². The molecule has 0 aliphatic carbocycles. The predicted molar refractivity (Wildman–Crippen MR) is 120 cm³/mol. The van der Waals surface area contributed by atoms with Crippen molar-refractivity contribution < 1.29 is 37.4 Å². The minimum atomic E-state index is -4.20. The molecule has 2 aliphatic rings. The number of aliphatic hydroxyl groups is 1. The molecule has 2 aromatic carbocycles. The minimum Gasteiger partial charge on any atom is -0.497 e. The lowest BCUT2D eigenvalue weighted by molar-refractivity contribution is -0.156. The predicted octanol–water partition coefficient (Wildman–Crippen LogP) is 1.20. The van der Waals surface area contributed by atoms with Crippen LogP contribution in [0.3, 0.4) is 0 Å². The Labute approximate surface area is 198 Å². The van der Waals surface area contributed by atoms with Gasteiger partial charge in [0, 0.05) is 6.54 Å². The van der Waals surface area contributed by atoms with Crippen LogP contribution < -0.4 is 10.2 Å². The molecule has 2 fully saturated rings. The van der Waals surface area contributed by atoms with Crippen LogP contribution in [-0.2, 0) is 35.7 Å². The van der Waals surface area contributed by atoms with Gasteiger partial charge in [-0.3, -0.25) is 9.63 Å². The molecule has 4 rings (SSSR count). The van der Waals surface area contributed by atoms with E-state index in [-0.39, 0.29) is 18.0 Å². The van der Waals surface area contributed by atoms with E-state index in [0.717, 1.165) is 9.87 Å². The first-order valence-electron chi connectivity index (χ1n) is 10.8. The second-order valence-corrected chi connectivity index (χ2v) is 10.5. The molecule has 0 spiro atoms. The molecular formula is C23H28N2O8S. The van der Waals surface area contributed by atoms with Gasteiger partial charge < -0.3 is 19.3 Å². The van der Waals surface area contributed by atoms with Crippen molar-refractivity contribution in [3.8, 4) is 5.75 Å². The van der Waals surface area contributed by atoms with Crippen molar-refractivity contribution >= 4 is 15.9 Å². The van der Waals surface area contributed by atoms with Gasteiger partial charge in [0.15, 0.2) is 5.79 Å². The van der Waals surface area contributed by atoms with E-state index in [2.05, 4.69) is 5.48 Å². The maximum Gasteiger partial charge on any atom is 0.264 e. The molecule has 34 heavy (non-hydrogen) atoms. The van der Waals surface area contributed by atoms with Crippen LogP contribution >= 0.6 is 0 Å². The van der Waals surface area contributed by atoms with Crippen molar-refractivity contribution in [1.82, 2.24) is 9.79 Å². The summed E-state index contributed by atoms with van der Waals surface area (Å²) >= 11 is 0. The van der Waals surface area contributed by atoms with Crippen molar-refractivity contribution in [2.75, 3.05) is 13.7 Å². The highest BCUT2D eigenvalue weighted by Gasteiger charge is 2.58. The van der Waals surface area contributed by atoms with Crippen molar-refractivity contribution in [3.63, 3.8) is 0 Å². The quantitative estimate of drug-likeness (QED) is 0.553. The van der Waals surface area contributed by atoms with Gasteiger partial charge in [0.25, 0.3) is 5.91 Å². The van der Waals surface area contributed by atoms with Crippen molar-refractivity contribution in [1.29, 1.82) is 0 Å². The summed E-state index contributed by atoms with van der Waals surface area (Å²) in [6.07, 6.45) is -3.14. The Morgan fingerprint density at radius 3 is 2.41 bits per heavy atom. The Balaban J connectivity index is 1.62. The van der Waals surface area contributed by atoms with Gasteiger partial charge in [0.1, 0.15) is 24.0 Å². The van der Waals surface area contributed by atoms with E-state index in [0.29, 0.717) is 5.75 Å². The summed E-state index contributed by atoms with van der Waals surface area (Å²) in [6.45, 7) is 3.01. The molecule has 0 radical (unpaired) electrons. The number of carbonyl (C=O) groups is 1. The fourth-order valence-corrected chi connectivity index (χ4v) is 5.77. The molecule has 2 heterocycles. The third-order valence-electron chi connectivity index (χ3n) is 5.72. The number of hydroxylamine groups is 1. The van der Waals surface area contributed by atoms with Crippen LogP contribution in [-0.4, -0.2) is 67.5 Å². The molecular weight excluding hydrogens is 464 g/mol. The zero-order chi connectivity index (χ0) is 24.5. The Bertz CT molecular complexity index is 1110. The fourth-order valence-electron chi connectivity index (χ4n) is 4.16. The molecule has 1 amide bonds. The molecule has 184 valence electrons. The fraction of sp³-hybridized carbons (Fsp3) is 0.435. The molecule has 0 aromatic heterocycles. The minimum absolute atomic E-state index is 0.0554. The number of fused-ring (bicyclic) bond motifs is 1. The van der Waals surface area contributed by atoms with Crippen molar-refractivity contribution in [2.45, 2.75) is 55.5 Å². The summed E-state index contributed by atoms with van der Waals surface area (Å²) in [7, 11) is -2.73. The standard InChI is InChI=1S/C23H28N2O8S/c1-23(2)32-20-18(26)13-25(34(28,29)17-11-9-16(30-3)10-12-17)19(21(20)33-23)22(27)24-31-14-15-7-5-4-6-8-15/h4-12,18-21,26H,13-14H2,1-3H3,(H,24,27)/t18-,19-,20+,21+/m1/s1. The maximum absolute atomic E-state index is 13.5. The summed E-state index contributed by atoms with van der Waals surface area (Å²) in [5.41, 5.74) is 3.17. The first-order valence-corrected chi connectivity index (χ1v) is 12.2. The van der Waals surface area contributed by atoms with Gasteiger partial charge >= 0.3 is 0 Å². The number of nitrogens with one attached hydrogen (secondary N) is 1. The molecule has 11 heteroatoms. The number of piperidine rings is 1. The lowest BCUT2D eigenvalue weighted by Crippen LogP contribution is -2.65. The van der Waals surface area contributed by atoms with Crippen LogP contribution in [0.5, 0.6) is 5.75 Å². The number of sulfonamides is 1. The Morgan fingerprint density at radius 2 is 1.76 bits per heavy atom. The van der Waals surface area contributed by atoms with Gasteiger partial charge in [-0.1, -0.05) is 30.3 Å². The molecule has 2 N–H and O–H groups in total. The van der Waals surface area contributed by atoms with Crippen molar-refractivity contribution in [3.05, 3.63) is 60.2 Å². The largest absolute Gasteiger partial charge is 0.497 e. The van der Waals surface area contributed by atoms with Gasteiger partial charge in [0.05, 0.1) is 24.7 Å². The van der Waals surface area contributed by atoms with E-state index in [1.807, 2.05) is 30.3 Å². The van der Waals surface area contributed by atoms with E-state index in [4.69, 9.17) is 19.0 Å². The van der Waals surface area contributed by atoms with Gasteiger partial charge in [-0.15, -0.1) is 0 Å². The molecule has 0 bridgehead atoms. The number of rotatable bonds is 7. The Kier molecular flexibility index (Phi) is 6.94. The van der Waals surface area contributed by atoms with Gasteiger partial charge in [-0.25, -0.2) is 13.9 Å². The summed E-state index contributed by atoms with van der Waals surface area (Å²) < 4.78 is 44.8. The number of benzene rings is 2. The number of ether oxygens (including phenoxy) is 3. The SMILES string of the molecule is COc1ccc(S(=O)(=O)N2C[C@@H](O)[C@@H]3OC(C)(C)O[C@H]3[C@@H]2C(=O)NOCc2ccccc2)cc1. The smallest absolute Gasteiger partial charge is 0.264 e. The average molecular weight is 493 g/mol. The first-order chi connectivity index (χ1) is 16.1. The van der Waals surface area contributed by atoms with Crippen LogP contribution in [0.2, 0.25) is 0 Å². The molecule has 2 saturated heterocycles. The summed E-state index contributed by atoms with van der Waals surface area (Å²) in [6, 6.07) is 13.6. The number of amides is 1. The summed E-state index contributed by atoms with van der Waals surface area (Å²) in [5, 5.41) is 10.7. The Hall–Kier alpha value is -2.54. The number of hydrogen-bond acceptors (Lipinski definition) is 8. The van der Waals surface area contributed by atoms with Crippen molar-refractivity contribution in [2.24, 2.45) is 0 Å². The van der Waals surface area contributed by atoms with E-state index in [9.17, 15) is 18.3 Å². The lowest BCUT2D eigenvalue weighted by atomic mass is 9.95. The highest BCUT2D eigenvalue weighted by atomic mass is 32.2. The number of methoxy groups -OCH3 is 1. The first kappa shape index (κ1) is 24.6. The monoisotopic (exact) mass is 492 g/mol. The average Bonchev–Trinajstić information content (AvgIpc) is 3.15. The zero-order valence-electron chi connectivity index (χ0n) is 19.1. The van der Waals surface area contributed by atoms with Crippen LogP contribution in [0, 0.1) is 0 Å². The maximum atomic E-state index is 13.5. The molecule has 0 unspecified atom stereocenters. The van der Waals surface area contributed by atoms with E-state index in [1.54, 1.807) is 13.8 Å². The molecule has 2 aromatic rings. The normalized spacial score (nSPS) is 26.6. The van der Waals surface area contributed by atoms with E-state index < -0.39 is 46.1 Å². The highest BCUT2D eigenvalue weighted by molar-refractivity contribution is 7.89. The number of hydrogen-bond donors (Lipinski definition) is 2. The van der Waals surface area contributed by atoms with Gasteiger partial charge in [0.2, 0.25) is 10.0 Å². The highest BCUT2D eigenvalue weighted by Crippen LogP contribution is 2.38. The second-order valence-electron chi connectivity index (χ2n) is 8.57. The topological polar surface area (TPSA) is 124 Å². The van der Waals surface area contributed by atoms with Gasteiger partial charge in [-0.05, 0) is 43.7 Å². The summed E-state index contributed by atoms with van der Waals surface area (Å²) in [5.74, 6) is -1.36. The number of aliphatic hydroxyl groups excluding tert-OH is 1. The second kappa shape index (κ2) is 9.61. The van der Waals surface area contributed by atoms with Crippen LogP contribution in [0.1, 0.15) is 19.4 Å². The molecule has 0 saturated carbocycles. The number of carbonyl (C=O) groups excluding carboxylic acids is 1. The zero-order valence-corrected chi connectivity index (χ0v) is 19.9. The molecule has 2 aliphatic heterocycles. The number of nitrogens with zero attached hydrogens (tertiary/aromatic N) is 1. The molecule has 10 nitrogen and oxygen atoms in total. The van der Waals surface area contributed by atoms with Crippen LogP contribution in [0.15, 0.2) is 59.5 Å². The lowest BCUT2D eigenvalue weighted by Gasteiger charge is -2.41. The summed E-state index contributed by atoms with van der Waals surface area (Å²) in [4.78, 5) is 18.6. The Morgan fingerprint density at radius 1 is 1.12 bits per heavy atom. The van der Waals surface area contributed by atoms with Crippen LogP contribution in [0.4, 0.5) is 0 Å². The van der Waals surface area contributed by atoms with E-state index >= 15 is 0 Å². The molecule has 4 atom stereocenters. The van der Waals surface area contributed by atoms with E-state index in [1.165, 1.54) is 31.4 Å². The number of β-amino-alcohol motifs (C(OH)–C–C–N with tert-alkyl or cyclic N) is 1. The third-order valence-corrected chi connectivity index (χ3v) is 7.58.